The molecule has 8 heteroatoms. The summed E-state index contributed by atoms with van der Waals surface area (Å²) in [6, 6.07) is 10.6. The molecule has 4 heterocycles. The van der Waals surface area contributed by atoms with E-state index >= 15 is 0 Å². The molecule has 2 aromatic heterocycles. The molecule has 2 fully saturated rings. The molecule has 0 aliphatic carbocycles. The molecule has 178 valence electrons. The van der Waals surface area contributed by atoms with Crippen LogP contribution in [-0.4, -0.2) is 52.7 Å². The average Bonchev–Trinajstić information content (AvgIpc) is 3.56. The quantitative estimate of drug-likeness (QED) is 0.562. The van der Waals surface area contributed by atoms with Gasteiger partial charge in [-0.05, 0) is 70.3 Å². The molecular formula is C26H31N5O2S. The van der Waals surface area contributed by atoms with Gasteiger partial charge in [-0.15, -0.1) is 11.3 Å². The van der Waals surface area contributed by atoms with Crippen molar-refractivity contribution < 1.29 is 9.53 Å². The summed E-state index contributed by atoms with van der Waals surface area (Å²) in [5, 5.41) is 14.0. The van der Waals surface area contributed by atoms with Crippen LogP contribution in [0.25, 0.3) is 10.2 Å². The number of likely N-dealkylation sites (tertiary alicyclic amines) is 1. The zero-order valence-corrected chi connectivity index (χ0v) is 20.7. The number of carbonyl (C=O) groups is 1. The van der Waals surface area contributed by atoms with Gasteiger partial charge in [0.1, 0.15) is 11.9 Å². The number of fused-ring (bicyclic) bond motifs is 1. The maximum Gasteiger partial charge on any atom is 0.239 e. The maximum absolute atomic E-state index is 13.0. The van der Waals surface area contributed by atoms with Gasteiger partial charge in [0.05, 0.1) is 40.0 Å². The van der Waals surface area contributed by atoms with E-state index in [-0.39, 0.29) is 12.0 Å². The second kappa shape index (κ2) is 9.87. The van der Waals surface area contributed by atoms with Crippen molar-refractivity contribution in [1.29, 1.82) is 5.26 Å². The molecule has 0 radical (unpaired) electrons. The molecular weight excluding hydrogens is 446 g/mol. The lowest BCUT2D eigenvalue weighted by molar-refractivity contribution is -0.117. The number of nitrogens with zero attached hydrogens (tertiary/aromatic N) is 4. The van der Waals surface area contributed by atoms with Crippen molar-refractivity contribution in [2.45, 2.75) is 58.1 Å². The van der Waals surface area contributed by atoms with Crippen molar-refractivity contribution in [3.05, 3.63) is 46.1 Å². The third-order valence-corrected chi connectivity index (χ3v) is 8.42. The highest BCUT2D eigenvalue weighted by Gasteiger charge is 2.27. The molecule has 0 saturated carbocycles. The standard InChI is InChI=1S/C26H31N5O2S/c1-17-18(2)31(15-20-6-5-13-33-20)25(21(17)14-27)29-24(32)16-30-11-9-19(10-12-30)26-28-22-7-3-4-8-23(22)34-26/h3-4,7-8,19-20H,5-6,9-13,15-16H2,1-2H3,(H,29,32)/t20-/m0/s1. The zero-order chi connectivity index (χ0) is 23.7. The minimum absolute atomic E-state index is 0.0685. The number of piperidine rings is 1. The Morgan fingerprint density at radius 2 is 2.06 bits per heavy atom. The van der Waals surface area contributed by atoms with Crippen molar-refractivity contribution in [3.63, 3.8) is 0 Å². The first-order valence-corrected chi connectivity index (χ1v) is 12.9. The van der Waals surface area contributed by atoms with Gasteiger partial charge in [-0.1, -0.05) is 12.1 Å². The van der Waals surface area contributed by atoms with Crippen LogP contribution in [0.15, 0.2) is 24.3 Å². The molecule has 5 rings (SSSR count). The smallest absolute Gasteiger partial charge is 0.239 e. The number of aromatic nitrogens is 2. The Bertz CT molecular complexity index is 1190. The Labute approximate surface area is 204 Å². The summed E-state index contributed by atoms with van der Waals surface area (Å²) in [6.45, 7) is 7.47. The van der Waals surface area contributed by atoms with E-state index in [1.54, 1.807) is 11.3 Å². The number of benzene rings is 1. The van der Waals surface area contributed by atoms with Crippen molar-refractivity contribution in [3.8, 4) is 6.07 Å². The second-order valence-corrected chi connectivity index (χ2v) is 10.5. The lowest BCUT2D eigenvalue weighted by Gasteiger charge is -2.30. The highest BCUT2D eigenvalue weighted by atomic mass is 32.1. The molecule has 0 spiro atoms. The Morgan fingerprint density at radius 1 is 1.26 bits per heavy atom. The second-order valence-electron chi connectivity index (χ2n) is 9.41. The SMILES string of the molecule is Cc1c(C#N)c(NC(=O)CN2CCC(c3nc4ccccc4s3)CC2)n(C[C@@H]2CCCO2)c1C. The molecule has 1 N–H and O–H groups in total. The van der Waals surface area contributed by atoms with Gasteiger partial charge in [-0.3, -0.25) is 9.69 Å². The van der Waals surface area contributed by atoms with Crippen molar-refractivity contribution in [1.82, 2.24) is 14.5 Å². The van der Waals surface area contributed by atoms with Gasteiger partial charge in [0.25, 0.3) is 0 Å². The Kier molecular flexibility index (Phi) is 6.68. The summed E-state index contributed by atoms with van der Waals surface area (Å²) < 4.78 is 9.11. The average molecular weight is 478 g/mol. The van der Waals surface area contributed by atoms with E-state index in [0.717, 1.165) is 62.2 Å². The van der Waals surface area contributed by atoms with E-state index in [9.17, 15) is 10.1 Å². The normalized spacial score (nSPS) is 19.5. The van der Waals surface area contributed by atoms with E-state index in [1.165, 1.54) is 9.71 Å². The number of hydrogen-bond acceptors (Lipinski definition) is 6. The fourth-order valence-electron chi connectivity index (χ4n) is 5.13. The van der Waals surface area contributed by atoms with Crippen LogP contribution in [0.4, 0.5) is 5.82 Å². The van der Waals surface area contributed by atoms with E-state index < -0.39 is 0 Å². The first-order valence-electron chi connectivity index (χ1n) is 12.1. The van der Waals surface area contributed by atoms with E-state index in [2.05, 4.69) is 39.1 Å². The lowest BCUT2D eigenvalue weighted by atomic mass is 9.97. The third kappa shape index (κ3) is 4.61. The Balaban J connectivity index is 1.22. The van der Waals surface area contributed by atoms with Crippen LogP contribution in [-0.2, 0) is 16.1 Å². The predicted molar refractivity (Wildman–Crippen MR) is 134 cm³/mol. The molecule has 1 amide bonds. The largest absolute Gasteiger partial charge is 0.376 e. The van der Waals surface area contributed by atoms with E-state index in [4.69, 9.17) is 9.72 Å². The number of rotatable bonds is 6. The molecule has 0 unspecified atom stereocenters. The topological polar surface area (TPSA) is 83.2 Å². The monoisotopic (exact) mass is 477 g/mol. The summed E-state index contributed by atoms with van der Waals surface area (Å²) in [6.07, 6.45) is 4.21. The van der Waals surface area contributed by atoms with Crippen LogP contribution in [0, 0.1) is 25.2 Å². The maximum atomic E-state index is 13.0. The van der Waals surface area contributed by atoms with Crippen molar-refractivity contribution >= 4 is 33.3 Å². The van der Waals surface area contributed by atoms with Gasteiger partial charge in [0.2, 0.25) is 5.91 Å². The zero-order valence-electron chi connectivity index (χ0n) is 19.8. The molecule has 2 saturated heterocycles. The molecule has 0 bridgehead atoms. The molecule has 2 aliphatic heterocycles. The van der Waals surface area contributed by atoms with Gasteiger partial charge in [0, 0.05) is 18.2 Å². The van der Waals surface area contributed by atoms with Gasteiger partial charge in [-0.25, -0.2) is 4.98 Å². The Morgan fingerprint density at radius 3 is 2.76 bits per heavy atom. The van der Waals surface area contributed by atoms with Crippen LogP contribution in [0.2, 0.25) is 0 Å². The van der Waals surface area contributed by atoms with Gasteiger partial charge < -0.3 is 14.6 Å². The summed E-state index contributed by atoms with van der Waals surface area (Å²) in [5.41, 5.74) is 3.57. The van der Waals surface area contributed by atoms with E-state index in [1.807, 2.05) is 19.9 Å². The van der Waals surface area contributed by atoms with Gasteiger partial charge >= 0.3 is 0 Å². The van der Waals surface area contributed by atoms with Gasteiger partial charge in [-0.2, -0.15) is 5.26 Å². The number of para-hydroxylation sites is 1. The third-order valence-electron chi connectivity index (χ3n) is 7.22. The van der Waals surface area contributed by atoms with Crippen LogP contribution < -0.4 is 5.32 Å². The predicted octanol–water partition coefficient (Wildman–Crippen LogP) is 4.58. The lowest BCUT2D eigenvalue weighted by Crippen LogP contribution is -2.39. The molecule has 7 nitrogen and oxygen atoms in total. The molecule has 2 aliphatic rings. The molecule has 3 aromatic rings. The van der Waals surface area contributed by atoms with Gasteiger partial charge in [0.15, 0.2) is 0 Å². The molecule has 34 heavy (non-hydrogen) atoms. The minimum Gasteiger partial charge on any atom is -0.376 e. The number of amides is 1. The van der Waals surface area contributed by atoms with Crippen LogP contribution in [0.3, 0.4) is 0 Å². The number of nitriles is 1. The fraction of sp³-hybridized carbons (Fsp3) is 0.500. The fourth-order valence-corrected chi connectivity index (χ4v) is 6.26. The van der Waals surface area contributed by atoms with Crippen molar-refractivity contribution in [2.75, 3.05) is 31.6 Å². The first-order chi connectivity index (χ1) is 16.5. The molecule has 1 aromatic carbocycles. The minimum atomic E-state index is -0.0685. The number of thiazole rings is 1. The summed E-state index contributed by atoms with van der Waals surface area (Å²) in [5.74, 6) is 0.999. The number of nitrogens with one attached hydrogen (secondary N) is 1. The van der Waals surface area contributed by atoms with E-state index in [0.29, 0.717) is 30.4 Å². The van der Waals surface area contributed by atoms with Crippen molar-refractivity contribution in [2.24, 2.45) is 0 Å². The highest BCUT2D eigenvalue weighted by Crippen LogP contribution is 2.34. The number of hydrogen-bond donors (Lipinski definition) is 1. The number of carbonyl (C=O) groups excluding carboxylic acids is 1. The summed E-state index contributed by atoms with van der Waals surface area (Å²) in [7, 11) is 0. The molecule has 1 atom stereocenters. The first kappa shape index (κ1) is 23.0. The summed E-state index contributed by atoms with van der Waals surface area (Å²) >= 11 is 1.79. The van der Waals surface area contributed by atoms with Crippen LogP contribution >= 0.6 is 11.3 Å². The highest BCUT2D eigenvalue weighted by molar-refractivity contribution is 7.18. The number of ether oxygens (including phenoxy) is 1. The number of anilines is 1. The summed E-state index contributed by atoms with van der Waals surface area (Å²) in [4.78, 5) is 20.1. The van der Waals surface area contributed by atoms with Crippen LogP contribution in [0.1, 0.15) is 53.4 Å². The van der Waals surface area contributed by atoms with Crippen LogP contribution in [0.5, 0.6) is 0 Å². The Hall–Kier alpha value is -2.73.